The Hall–Kier alpha value is -0.630. The summed E-state index contributed by atoms with van der Waals surface area (Å²) in [6, 6.07) is 0. The van der Waals surface area contributed by atoms with Gasteiger partial charge in [0, 0.05) is 6.42 Å². The predicted molar refractivity (Wildman–Crippen MR) is 41.3 cm³/mol. The first kappa shape index (κ1) is 13.4. The summed E-state index contributed by atoms with van der Waals surface area (Å²) in [5, 5.41) is 0. The van der Waals surface area contributed by atoms with Gasteiger partial charge in [-0.1, -0.05) is 0 Å². The summed E-state index contributed by atoms with van der Waals surface area (Å²) in [4.78, 5) is 10.4. The minimum absolute atomic E-state index is 0.782. The number of carbonyl (C=O) groups is 1. The van der Waals surface area contributed by atoms with E-state index < -0.39 is 40.2 Å². The van der Waals surface area contributed by atoms with Crippen LogP contribution in [0.3, 0.4) is 0 Å². The lowest BCUT2D eigenvalue weighted by Crippen LogP contribution is -2.31. The van der Waals surface area contributed by atoms with Gasteiger partial charge in [0.15, 0.2) is 0 Å². The Kier molecular flexibility index (Phi) is 4.07. The molecule has 0 fully saturated rings. The van der Waals surface area contributed by atoms with E-state index in [1.54, 1.807) is 0 Å². The molecule has 0 aliphatic heterocycles. The van der Waals surface area contributed by atoms with E-state index in [0.717, 1.165) is 6.92 Å². The smallest absolute Gasteiger partial charge is 0.300 e. The minimum Gasteiger partial charge on any atom is -0.300 e. The van der Waals surface area contributed by atoms with Crippen LogP contribution >= 0.6 is 0 Å². The standard InChI is InChI=1S/C6H9F3O4S/c1-4(10)2-5(6(7,8)9)3-14(11,12)13/h5H,2-3H2,1H3,(H,11,12,13). The van der Waals surface area contributed by atoms with Crippen molar-refractivity contribution in [1.29, 1.82) is 0 Å². The lowest BCUT2D eigenvalue weighted by molar-refractivity contribution is -0.172. The van der Waals surface area contributed by atoms with Crippen molar-refractivity contribution in [3.63, 3.8) is 0 Å². The van der Waals surface area contributed by atoms with Crippen LogP contribution in [0.2, 0.25) is 0 Å². The SMILES string of the molecule is CC(=O)CC(CS(=O)(=O)O)C(F)(F)F. The molecule has 0 aromatic carbocycles. The van der Waals surface area contributed by atoms with Gasteiger partial charge >= 0.3 is 6.18 Å². The topological polar surface area (TPSA) is 71.4 Å². The summed E-state index contributed by atoms with van der Waals surface area (Å²) in [6.45, 7) is 0.919. The van der Waals surface area contributed by atoms with Gasteiger partial charge in [-0.2, -0.15) is 21.6 Å². The van der Waals surface area contributed by atoms with Gasteiger partial charge in [-0.15, -0.1) is 0 Å². The second kappa shape index (κ2) is 4.26. The highest BCUT2D eigenvalue weighted by molar-refractivity contribution is 7.85. The van der Waals surface area contributed by atoms with Crippen LogP contribution in [0.15, 0.2) is 0 Å². The summed E-state index contributed by atoms with van der Waals surface area (Å²) in [6.07, 6.45) is -5.75. The Morgan fingerprint density at radius 3 is 2.07 bits per heavy atom. The second-order valence-electron chi connectivity index (χ2n) is 2.89. The molecule has 14 heavy (non-hydrogen) atoms. The maximum absolute atomic E-state index is 12.1. The summed E-state index contributed by atoms with van der Waals surface area (Å²) < 4.78 is 64.9. The van der Waals surface area contributed by atoms with Crippen LogP contribution in [-0.4, -0.2) is 30.7 Å². The van der Waals surface area contributed by atoms with E-state index in [-0.39, 0.29) is 0 Å². The fourth-order valence-corrected chi connectivity index (χ4v) is 1.69. The molecule has 0 aliphatic carbocycles. The van der Waals surface area contributed by atoms with Gasteiger partial charge in [0.25, 0.3) is 10.1 Å². The third-order valence-corrected chi connectivity index (χ3v) is 2.23. The van der Waals surface area contributed by atoms with Gasteiger partial charge in [-0.05, 0) is 6.92 Å². The molecule has 0 heterocycles. The van der Waals surface area contributed by atoms with Crippen molar-refractivity contribution < 1.29 is 30.9 Å². The summed E-state index contributed by atoms with van der Waals surface area (Å²) in [5.41, 5.74) is 0. The van der Waals surface area contributed by atoms with Crippen LogP contribution in [0.1, 0.15) is 13.3 Å². The van der Waals surface area contributed by atoms with Crippen LogP contribution in [0.4, 0.5) is 13.2 Å². The first-order valence-corrected chi connectivity index (χ1v) is 5.14. The molecule has 1 atom stereocenters. The van der Waals surface area contributed by atoms with Crippen molar-refractivity contribution in [1.82, 2.24) is 0 Å². The average molecular weight is 234 g/mol. The quantitative estimate of drug-likeness (QED) is 0.737. The largest absolute Gasteiger partial charge is 0.393 e. The molecule has 8 heteroatoms. The zero-order valence-corrected chi connectivity index (χ0v) is 8.02. The zero-order chi connectivity index (χ0) is 11.6. The molecule has 0 saturated carbocycles. The number of ketones is 1. The lowest BCUT2D eigenvalue weighted by atomic mass is 10.1. The van der Waals surface area contributed by atoms with Crippen molar-refractivity contribution in [2.45, 2.75) is 19.5 Å². The van der Waals surface area contributed by atoms with Crippen LogP contribution in [-0.2, 0) is 14.9 Å². The monoisotopic (exact) mass is 234 g/mol. The molecule has 0 aromatic heterocycles. The molecule has 0 spiro atoms. The first-order chi connectivity index (χ1) is 6.02. The molecule has 0 radical (unpaired) electrons. The molecule has 1 N–H and O–H groups in total. The number of hydrogen-bond donors (Lipinski definition) is 1. The van der Waals surface area contributed by atoms with E-state index in [1.807, 2.05) is 0 Å². The Morgan fingerprint density at radius 2 is 1.86 bits per heavy atom. The third-order valence-electron chi connectivity index (χ3n) is 1.41. The van der Waals surface area contributed by atoms with Crippen molar-refractivity contribution in [3.05, 3.63) is 0 Å². The summed E-state index contributed by atoms with van der Waals surface area (Å²) >= 11 is 0. The van der Waals surface area contributed by atoms with Crippen molar-refractivity contribution >= 4 is 15.9 Å². The normalized spacial score (nSPS) is 15.2. The van der Waals surface area contributed by atoms with Crippen molar-refractivity contribution in [2.75, 3.05) is 5.75 Å². The van der Waals surface area contributed by atoms with Gasteiger partial charge in [0.2, 0.25) is 0 Å². The zero-order valence-electron chi connectivity index (χ0n) is 7.21. The number of hydrogen-bond acceptors (Lipinski definition) is 3. The number of rotatable bonds is 4. The van der Waals surface area contributed by atoms with Crippen molar-refractivity contribution in [3.8, 4) is 0 Å². The molecule has 0 bridgehead atoms. The van der Waals surface area contributed by atoms with Gasteiger partial charge in [-0.25, -0.2) is 0 Å². The molecule has 4 nitrogen and oxygen atoms in total. The van der Waals surface area contributed by atoms with Crippen LogP contribution in [0, 0.1) is 5.92 Å². The number of Topliss-reactive ketones (excluding diaryl/α,β-unsaturated/α-hetero) is 1. The van der Waals surface area contributed by atoms with Crippen molar-refractivity contribution in [2.24, 2.45) is 5.92 Å². The van der Waals surface area contributed by atoms with E-state index in [2.05, 4.69) is 0 Å². The first-order valence-electron chi connectivity index (χ1n) is 3.53. The Bertz CT molecular complexity index is 306. The molecule has 0 aromatic rings. The Labute approximate surface area is 78.9 Å². The number of halogens is 3. The van der Waals surface area contributed by atoms with Gasteiger partial charge < -0.3 is 4.79 Å². The van der Waals surface area contributed by atoms with Gasteiger partial charge in [0.1, 0.15) is 5.78 Å². The van der Waals surface area contributed by atoms with Crippen LogP contribution < -0.4 is 0 Å². The highest BCUT2D eigenvalue weighted by Crippen LogP contribution is 2.29. The maximum atomic E-state index is 12.1. The highest BCUT2D eigenvalue weighted by Gasteiger charge is 2.42. The molecule has 0 saturated heterocycles. The molecule has 84 valence electrons. The molecule has 0 amide bonds. The molecule has 0 aliphatic rings. The van der Waals surface area contributed by atoms with E-state index in [4.69, 9.17) is 4.55 Å². The van der Waals surface area contributed by atoms with Gasteiger partial charge in [0.05, 0.1) is 11.7 Å². The van der Waals surface area contributed by atoms with Crippen LogP contribution in [0.5, 0.6) is 0 Å². The molecule has 0 rings (SSSR count). The minimum atomic E-state index is -4.80. The maximum Gasteiger partial charge on any atom is 0.393 e. The fraction of sp³-hybridized carbons (Fsp3) is 0.833. The van der Waals surface area contributed by atoms with E-state index in [9.17, 15) is 26.4 Å². The third kappa shape index (κ3) is 5.92. The Morgan fingerprint density at radius 1 is 1.43 bits per heavy atom. The fourth-order valence-electron chi connectivity index (χ4n) is 0.870. The summed E-state index contributed by atoms with van der Waals surface area (Å²) in [5.74, 6) is -4.60. The van der Waals surface area contributed by atoms with Crippen LogP contribution in [0.25, 0.3) is 0 Å². The Balaban J connectivity index is 4.67. The average Bonchev–Trinajstić information content (AvgIpc) is 1.78. The second-order valence-corrected chi connectivity index (χ2v) is 4.39. The van der Waals surface area contributed by atoms with E-state index in [1.165, 1.54) is 0 Å². The van der Waals surface area contributed by atoms with E-state index in [0.29, 0.717) is 0 Å². The highest BCUT2D eigenvalue weighted by atomic mass is 32.2. The molecular formula is C6H9F3O4S. The number of carbonyl (C=O) groups excluding carboxylic acids is 1. The summed E-state index contributed by atoms with van der Waals surface area (Å²) in [7, 11) is -4.72. The predicted octanol–water partition coefficient (Wildman–Crippen LogP) is 1.03. The van der Waals surface area contributed by atoms with Gasteiger partial charge in [-0.3, -0.25) is 4.55 Å². The van der Waals surface area contributed by atoms with E-state index >= 15 is 0 Å². The number of alkyl halides is 3. The molecule has 1 unspecified atom stereocenters. The lowest BCUT2D eigenvalue weighted by Gasteiger charge is -2.17. The molecular weight excluding hydrogens is 225 g/mol.